The minimum atomic E-state index is -0.386. The van der Waals surface area contributed by atoms with Crippen LogP contribution < -0.4 is 10.9 Å². The number of benzene rings is 2. The second-order valence-electron chi connectivity index (χ2n) is 8.46. The van der Waals surface area contributed by atoms with Crippen LogP contribution in [-0.4, -0.2) is 50.6 Å². The summed E-state index contributed by atoms with van der Waals surface area (Å²) in [6.45, 7) is 5.58. The summed E-state index contributed by atoms with van der Waals surface area (Å²) in [6.07, 6.45) is 1.62. The van der Waals surface area contributed by atoms with Crippen LogP contribution in [0.25, 0.3) is 16.7 Å². The number of carbonyl (C=O) groups excluding carboxylic acids is 1. The highest BCUT2D eigenvalue weighted by Gasteiger charge is 2.22. The van der Waals surface area contributed by atoms with Crippen LogP contribution in [0.15, 0.2) is 64.5 Å². The normalized spacial score (nSPS) is 13.2. The maximum atomic E-state index is 13.1. The van der Waals surface area contributed by atoms with E-state index in [1.54, 1.807) is 11.7 Å². The molecule has 0 aliphatic rings. The Balaban J connectivity index is 1.57. The fraction of sp³-hybridized carbons (Fsp3) is 0.385. The number of rotatable bonds is 11. The maximum absolute atomic E-state index is 13.1. The van der Waals surface area contributed by atoms with E-state index in [1.165, 1.54) is 17.3 Å². The van der Waals surface area contributed by atoms with Crippen LogP contribution in [0.4, 0.5) is 0 Å². The van der Waals surface area contributed by atoms with Gasteiger partial charge in [-0.05, 0) is 37.5 Å². The average molecular weight is 494 g/mol. The van der Waals surface area contributed by atoms with Crippen molar-refractivity contribution in [1.82, 2.24) is 24.5 Å². The molecule has 0 aliphatic carbocycles. The van der Waals surface area contributed by atoms with Crippen molar-refractivity contribution in [2.45, 2.75) is 49.6 Å². The van der Waals surface area contributed by atoms with Gasteiger partial charge in [0.15, 0.2) is 5.16 Å². The van der Waals surface area contributed by atoms with Crippen molar-refractivity contribution < 1.29 is 9.53 Å². The number of amides is 1. The number of thioether (sulfide) groups is 1. The van der Waals surface area contributed by atoms with E-state index in [0.717, 1.165) is 11.9 Å². The molecule has 0 bridgehead atoms. The van der Waals surface area contributed by atoms with E-state index >= 15 is 0 Å². The van der Waals surface area contributed by atoms with E-state index in [4.69, 9.17) is 4.74 Å². The molecule has 2 heterocycles. The predicted octanol–water partition coefficient (Wildman–Crippen LogP) is 3.87. The van der Waals surface area contributed by atoms with Gasteiger partial charge in [0.2, 0.25) is 11.7 Å². The third kappa shape index (κ3) is 5.41. The van der Waals surface area contributed by atoms with Gasteiger partial charge in [-0.2, -0.15) is 0 Å². The highest BCUT2D eigenvalue weighted by molar-refractivity contribution is 8.00. The van der Waals surface area contributed by atoms with Crippen molar-refractivity contribution in [2.75, 3.05) is 20.3 Å². The van der Waals surface area contributed by atoms with E-state index in [-0.39, 0.29) is 22.6 Å². The lowest BCUT2D eigenvalue weighted by Crippen LogP contribution is -2.34. The van der Waals surface area contributed by atoms with Crippen molar-refractivity contribution in [1.29, 1.82) is 0 Å². The van der Waals surface area contributed by atoms with Gasteiger partial charge in [0.1, 0.15) is 0 Å². The highest BCUT2D eigenvalue weighted by atomic mass is 32.2. The van der Waals surface area contributed by atoms with Gasteiger partial charge in [0, 0.05) is 32.7 Å². The molecule has 0 saturated heterocycles. The number of aryl methyl sites for hydroxylation is 1. The highest BCUT2D eigenvalue weighted by Crippen LogP contribution is 2.26. The van der Waals surface area contributed by atoms with E-state index < -0.39 is 0 Å². The molecule has 2 aromatic carbocycles. The zero-order valence-electron chi connectivity index (χ0n) is 20.3. The zero-order valence-corrected chi connectivity index (χ0v) is 21.1. The largest absolute Gasteiger partial charge is 0.385 e. The lowest BCUT2D eigenvalue weighted by Gasteiger charge is -2.18. The fourth-order valence-corrected chi connectivity index (χ4v) is 5.06. The molecule has 2 unspecified atom stereocenters. The summed E-state index contributed by atoms with van der Waals surface area (Å²) in [5.74, 6) is 0.672. The summed E-state index contributed by atoms with van der Waals surface area (Å²) in [5, 5.41) is 12.6. The van der Waals surface area contributed by atoms with Gasteiger partial charge in [-0.1, -0.05) is 61.2 Å². The van der Waals surface area contributed by atoms with Gasteiger partial charge >= 0.3 is 0 Å². The molecule has 4 rings (SSSR count). The number of ether oxygens (including phenoxy) is 1. The van der Waals surface area contributed by atoms with Gasteiger partial charge in [0.25, 0.3) is 5.56 Å². The first-order valence-electron chi connectivity index (χ1n) is 11.9. The molecule has 0 aliphatic heterocycles. The van der Waals surface area contributed by atoms with Crippen molar-refractivity contribution in [3.8, 4) is 0 Å². The first-order valence-corrected chi connectivity index (χ1v) is 12.8. The van der Waals surface area contributed by atoms with Crippen LogP contribution in [-0.2, 0) is 16.1 Å². The summed E-state index contributed by atoms with van der Waals surface area (Å²) in [5.41, 5.74) is 1.84. The van der Waals surface area contributed by atoms with Gasteiger partial charge in [0.05, 0.1) is 16.2 Å². The fourth-order valence-electron chi connectivity index (χ4n) is 4.18. The second kappa shape index (κ2) is 11.5. The molecule has 4 aromatic rings. The summed E-state index contributed by atoms with van der Waals surface area (Å²) in [7, 11) is 1.64. The lowest BCUT2D eigenvalue weighted by molar-refractivity contribution is -0.120. The van der Waals surface area contributed by atoms with Crippen molar-refractivity contribution in [3.05, 3.63) is 70.5 Å². The number of hydrogen-bond donors (Lipinski definition) is 1. The Morgan fingerprint density at radius 2 is 1.86 bits per heavy atom. The molecular weight excluding hydrogens is 462 g/mol. The Morgan fingerprint density at radius 1 is 1.11 bits per heavy atom. The number of para-hydroxylation sites is 1. The number of fused-ring (bicyclic) bond motifs is 3. The monoisotopic (exact) mass is 493 g/mol. The minimum Gasteiger partial charge on any atom is -0.385 e. The van der Waals surface area contributed by atoms with Crippen molar-refractivity contribution >= 4 is 34.3 Å². The molecule has 0 spiro atoms. The van der Waals surface area contributed by atoms with E-state index in [0.29, 0.717) is 42.4 Å². The van der Waals surface area contributed by atoms with Crippen LogP contribution in [0, 0.1) is 0 Å². The third-order valence-corrected chi connectivity index (χ3v) is 7.19. The molecule has 8 nitrogen and oxygen atoms in total. The van der Waals surface area contributed by atoms with E-state index in [9.17, 15) is 9.59 Å². The van der Waals surface area contributed by atoms with Crippen LogP contribution in [0.1, 0.15) is 38.2 Å². The Morgan fingerprint density at radius 3 is 2.60 bits per heavy atom. The summed E-state index contributed by atoms with van der Waals surface area (Å²) >= 11 is 1.34. The van der Waals surface area contributed by atoms with Crippen LogP contribution in [0.3, 0.4) is 0 Å². The molecular formula is C26H31N5O3S. The number of hydrogen-bond acceptors (Lipinski definition) is 6. The average Bonchev–Trinajstić information content (AvgIpc) is 3.30. The van der Waals surface area contributed by atoms with Crippen molar-refractivity contribution in [3.63, 3.8) is 0 Å². The molecule has 0 fully saturated rings. The Kier molecular flexibility index (Phi) is 8.20. The summed E-state index contributed by atoms with van der Waals surface area (Å²) < 4.78 is 8.66. The van der Waals surface area contributed by atoms with Crippen LogP contribution in [0.2, 0.25) is 0 Å². The molecule has 0 saturated carbocycles. The Hall–Kier alpha value is -3.17. The van der Waals surface area contributed by atoms with Crippen LogP contribution >= 0.6 is 11.8 Å². The number of nitrogens with zero attached hydrogens (tertiary/aromatic N) is 4. The van der Waals surface area contributed by atoms with Gasteiger partial charge in [-0.15, -0.1) is 10.2 Å². The number of aromatic nitrogens is 4. The van der Waals surface area contributed by atoms with Crippen LogP contribution in [0.5, 0.6) is 0 Å². The first-order chi connectivity index (χ1) is 17.0. The molecule has 2 atom stereocenters. The maximum Gasteiger partial charge on any atom is 0.262 e. The first kappa shape index (κ1) is 24.9. The quantitative estimate of drug-likeness (QED) is 0.252. The topological polar surface area (TPSA) is 90.5 Å². The number of nitrogens with one attached hydrogen (secondary N) is 1. The lowest BCUT2D eigenvalue weighted by atomic mass is 9.96. The van der Waals surface area contributed by atoms with E-state index in [1.807, 2.05) is 53.8 Å². The Labute approximate surface area is 208 Å². The van der Waals surface area contributed by atoms with Gasteiger partial charge in [-0.3, -0.25) is 18.6 Å². The SMILES string of the molecule is CCC(CNC(=O)C(C)Sc1nnc2n(CCCOC)c(=O)c3ccccc3n12)c1ccccc1. The molecule has 9 heteroatoms. The zero-order chi connectivity index (χ0) is 24.8. The van der Waals surface area contributed by atoms with Gasteiger partial charge < -0.3 is 10.1 Å². The van der Waals surface area contributed by atoms with Crippen molar-refractivity contribution in [2.24, 2.45) is 0 Å². The van der Waals surface area contributed by atoms with Gasteiger partial charge in [-0.25, -0.2) is 0 Å². The molecule has 184 valence electrons. The van der Waals surface area contributed by atoms with E-state index in [2.05, 4.69) is 34.6 Å². The minimum absolute atomic E-state index is 0.0566. The second-order valence-corrected chi connectivity index (χ2v) is 9.77. The molecule has 0 radical (unpaired) electrons. The predicted molar refractivity (Wildman–Crippen MR) is 139 cm³/mol. The molecule has 1 amide bonds. The third-order valence-electron chi connectivity index (χ3n) is 6.15. The number of carbonyl (C=O) groups is 1. The molecule has 35 heavy (non-hydrogen) atoms. The smallest absolute Gasteiger partial charge is 0.262 e. The number of methoxy groups -OCH3 is 1. The standard InChI is InChI=1S/C26H31N5O3S/c1-4-19(20-11-6-5-7-12-20)17-27-23(32)18(2)35-26-29-28-25-30(15-10-16-34-3)24(33)21-13-8-9-14-22(21)31(25)26/h5-9,11-14,18-19H,4,10,15-17H2,1-3H3,(H,27,32). The molecule has 1 N–H and O–H groups in total. The Bertz CT molecular complexity index is 1350. The molecule has 2 aromatic heterocycles. The summed E-state index contributed by atoms with van der Waals surface area (Å²) in [4.78, 5) is 26.1. The summed E-state index contributed by atoms with van der Waals surface area (Å²) in [6, 6.07) is 17.7.